The van der Waals surface area contributed by atoms with Crippen LogP contribution in [0.1, 0.15) is 57.1 Å². The summed E-state index contributed by atoms with van der Waals surface area (Å²) in [7, 11) is 0. The van der Waals surface area contributed by atoms with Crippen LogP contribution in [-0.4, -0.2) is 13.0 Å². The average molecular weight is 661 g/mol. The predicted octanol–water partition coefficient (Wildman–Crippen LogP) is 12.0. The van der Waals surface area contributed by atoms with Gasteiger partial charge in [-0.1, -0.05) is 38.5 Å². The van der Waals surface area contributed by atoms with Crippen LogP contribution in [0, 0.1) is 23.6 Å². The second-order valence-electron chi connectivity index (χ2n) is 11.9. The SMILES string of the molecule is CCC(C)C1CCC(COc2cc(C(F)(F)F)c3c(ccc4cc(-c5ccc(OC(F)(F)F)c(F)c5)cc(C(F)(F)F)c43)c2)CC1. The van der Waals surface area contributed by atoms with Crippen molar-refractivity contribution in [2.45, 2.75) is 64.7 Å². The molecule has 2 nitrogen and oxygen atoms in total. The Balaban J connectivity index is 1.56. The highest BCUT2D eigenvalue weighted by Crippen LogP contribution is 2.46. The molecule has 4 aromatic carbocycles. The molecule has 1 fully saturated rings. The van der Waals surface area contributed by atoms with Crippen LogP contribution in [0.3, 0.4) is 0 Å². The van der Waals surface area contributed by atoms with E-state index in [0.717, 1.165) is 50.3 Å². The summed E-state index contributed by atoms with van der Waals surface area (Å²) in [6, 6.07) is 8.25. The van der Waals surface area contributed by atoms with Crippen LogP contribution in [0.25, 0.3) is 32.7 Å². The van der Waals surface area contributed by atoms with Crippen molar-refractivity contribution in [1.82, 2.24) is 0 Å². The first kappa shape index (κ1) is 33.7. The molecule has 1 aliphatic rings. The minimum atomic E-state index is -5.20. The molecule has 5 rings (SSSR count). The fourth-order valence-electron chi connectivity index (χ4n) is 6.36. The Labute approximate surface area is 258 Å². The predicted molar refractivity (Wildman–Crippen MR) is 154 cm³/mol. The van der Waals surface area contributed by atoms with Gasteiger partial charge in [0, 0.05) is 10.8 Å². The molecule has 12 heteroatoms. The Morgan fingerprint density at radius 2 is 1.30 bits per heavy atom. The molecule has 1 unspecified atom stereocenters. The van der Waals surface area contributed by atoms with Crippen molar-refractivity contribution >= 4 is 21.5 Å². The van der Waals surface area contributed by atoms with Gasteiger partial charge >= 0.3 is 18.7 Å². The Morgan fingerprint density at radius 3 is 1.85 bits per heavy atom. The van der Waals surface area contributed by atoms with E-state index in [2.05, 4.69) is 18.6 Å². The van der Waals surface area contributed by atoms with E-state index in [1.807, 2.05) is 0 Å². The molecule has 1 saturated carbocycles. The van der Waals surface area contributed by atoms with Crippen LogP contribution in [0.15, 0.2) is 54.6 Å². The lowest BCUT2D eigenvalue weighted by Gasteiger charge is -2.31. The Morgan fingerprint density at radius 1 is 0.717 bits per heavy atom. The maximum Gasteiger partial charge on any atom is 0.573 e. The first-order valence-electron chi connectivity index (χ1n) is 14.8. The topological polar surface area (TPSA) is 18.5 Å². The van der Waals surface area contributed by atoms with Crippen LogP contribution < -0.4 is 9.47 Å². The molecule has 0 spiro atoms. The molecule has 0 amide bonds. The van der Waals surface area contributed by atoms with E-state index < -0.39 is 52.2 Å². The summed E-state index contributed by atoms with van der Waals surface area (Å²) in [5, 5.41) is -1.74. The quantitative estimate of drug-likeness (QED) is 0.145. The zero-order chi connectivity index (χ0) is 33.6. The third-order valence-corrected chi connectivity index (χ3v) is 8.93. The molecule has 1 atom stereocenters. The molecular formula is C34H30F10O2. The van der Waals surface area contributed by atoms with E-state index in [4.69, 9.17) is 4.74 Å². The highest BCUT2D eigenvalue weighted by Gasteiger charge is 2.39. The molecule has 4 aromatic rings. The first-order chi connectivity index (χ1) is 21.4. The molecule has 0 saturated heterocycles. The molecule has 0 bridgehead atoms. The van der Waals surface area contributed by atoms with Crippen molar-refractivity contribution < 1.29 is 53.4 Å². The monoisotopic (exact) mass is 660 g/mol. The summed E-state index contributed by atoms with van der Waals surface area (Å²) >= 11 is 0. The average Bonchev–Trinajstić information content (AvgIpc) is 2.98. The van der Waals surface area contributed by atoms with E-state index in [1.54, 1.807) is 0 Å². The van der Waals surface area contributed by atoms with Crippen LogP contribution in [0.5, 0.6) is 11.5 Å². The number of fused-ring (bicyclic) bond motifs is 3. The van der Waals surface area contributed by atoms with Gasteiger partial charge in [0.15, 0.2) is 11.6 Å². The standard InChI is InChI=1S/C34H30F10O2/c1-3-18(2)20-6-4-19(5-7-20)17-45-25-13-23-9-8-22-12-24(21-10-11-29(28(35)15-21)46-34(42,43)44)14-26(32(36,37)38)30(22)31(23)27(16-25)33(39,40)41/h8-16,18-20H,3-7,17H2,1-2H3. The molecule has 248 valence electrons. The van der Waals surface area contributed by atoms with Crippen molar-refractivity contribution in [1.29, 1.82) is 0 Å². The normalized spacial score (nSPS) is 18.6. The van der Waals surface area contributed by atoms with Crippen LogP contribution in [-0.2, 0) is 12.4 Å². The Kier molecular flexibility index (Phi) is 9.13. The van der Waals surface area contributed by atoms with Crippen molar-refractivity contribution in [3.63, 3.8) is 0 Å². The maximum atomic E-state index is 14.5. The smallest absolute Gasteiger partial charge is 0.493 e. The maximum absolute atomic E-state index is 14.5. The van der Waals surface area contributed by atoms with E-state index in [-0.39, 0.29) is 40.2 Å². The Bertz CT molecular complexity index is 1710. The van der Waals surface area contributed by atoms with Crippen molar-refractivity contribution in [3.8, 4) is 22.6 Å². The number of hydrogen-bond donors (Lipinski definition) is 0. The largest absolute Gasteiger partial charge is 0.573 e. The fraction of sp³-hybridized carbons (Fsp3) is 0.412. The van der Waals surface area contributed by atoms with Gasteiger partial charge in [-0.3, -0.25) is 0 Å². The zero-order valence-electron chi connectivity index (χ0n) is 24.8. The van der Waals surface area contributed by atoms with Crippen LogP contribution in [0.2, 0.25) is 0 Å². The van der Waals surface area contributed by atoms with Gasteiger partial charge in [0.2, 0.25) is 0 Å². The molecule has 0 radical (unpaired) electrons. The van der Waals surface area contributed by atoms with E-state index in [9.17, 15) is 43.9 Å². The molecule has 46 heavy (non-hydrogen) atoms. The van der Waals surface area contributed by atoms with Gasteiger partial charge in [0.1, 0.15) is 5.75 Å². The highest BCUT2D eigenvalue weighted by atomic mass is 19.4. The Hall–Kier alpha value is -3.70. The summed E-state index contributed by atoms with van der Waals surface area (Å²) in [6.45, 7) is 4.53. The minimum Gasteiger partial charge on any atom is -0.493 e. The van der Waals surface area contributed by atoms with Gasteiger partial charge in [-0.25, -0.2) is 4.39 Å². The van der Waals surface area contributed by atoms with Gasteiger partial charge in [0.25, 0.3) is 0 Å². The lowest BCUT2D eigenvalue weighted by atomic mass is 9.76. The highest BCUT2D eigenvalue weighted by molar-refractivity contribution is 6.12. The molecule has 0 N–H and O–H groups in total. The van der Waals surface area contributed by atoms with E-state index in [0.29, 0.717) is 30.0 Å². The summed E-state index contributed by atoms with van der Waals surface area (Å²) in [6.07, 6.45) is -10.6. The number of benzene rings is 4. The van der Waals surface area contributed by atoms with Crippen LogP contribution in [0.4, 0.5) is 43.9 Å². The van der Waals surface area contributed by atoms with E-state index in [1.165, 1.54) is 18.2 Å². The summed E-state index contributed by atoms with van der Waals surface area (Å²) in [4.78, 5) is 0. The first-order valence-corrected chi connectivity index (χ1v) is 14.8. The number of alkyl halides is 9. The second-order valence-corrected chi connectivity index (χ2v) is 11.9. The molecule has 1 aliphatic carbocycles. The van der Waals surface area contributed by atoms with Gasteiger partial charge in [-0.05, 0) is 102 Å². The van der Waals surface area contributed by atoms with Gasteiger partial charge in [-0.2, -0.15) is 26.3 Å². The van der Waals surface area contributed by atoms with Crippen molar-refractivity contribution in [2.24, 2.45) is 17.8 Å². The molecular weight excluding hydrogens is 630 g/mol. The van der Waals surface area contributed by atoms with Crippen molar-refractivity contribution in [2.75, 3.05) is 6.61 Å². The number of hydrogen-bond acceptors (Lipinski definition) is 2. The van der Waals surface area contributed by atoms with E-state index >= 15 is 0 Å². The lowest BCUT2D eigenvalue weighted by molar-refractivity contribution is -0.275. The minimum absolute atomic E-state index is 0.106. The summed E-state index contributed by atoms with van der Waals surface area (Å²) in [5.74, 6) is -1.45. The summed E-state index contributed by atoms with van der Waals surface area (Å²) in [5.41, 5.74) is -3.23. The van der Waals surface area contributed by atoms with Gasteiger partial charge < -0.3 is 9.47 Å². The molecule has 0 heterocycles. The number of rotatable bonds is 7. The van der Waals surface area contributed by atoms with Gasteiger partial charge in [-0.15, -0.1) is 13.2 Å². The second kappa shape index (κ2) is 12.5. The molecule has 0 aliphatic heterocycles. The zero-order valence-corrected chi connectivity index (χ0v) is 24.8. The van der Waals surface area contributed by atoms with Gasteiger partial charge in [0.05, 0.1) is 17.7 Å². The van der Waals surface area contributed by atoms with Crippen LogP contribution >= 0.6 is 0 Å². The molecule has 0 aromatic heterocycles. The third kappa shape index (κ3) is 7.31. The number of ether oxygens (including phenoxy) is 2. The summed E-state index contributed by atoms with van der Waals surface area (Å²) < 4.78 is 148. The lowest BCUT2D eigenvalue weighted by Crippen LogP contribution is -2.23. The number of halogens is 10. The third-order valence-electron chi connectivity index (χ3n) is 8.93. The fourth-order valence-corrected chi connectivity index (χ4v) is 6.36. The van der Waals surface area contributed by atoms with Crippen molar-refractivity contribution in [3.05, 3.63) is 71.5 Å².